The highest BCUT2D eigenvalue weighted by molar-refractivity contribution is 5.70. The summed E-state index contributed by atoms with van der Waals surface area (Å²) in [5.74, 6) is -1.71. The Morgan fingerprint density at radius 2 is 0.772 bits per heavy atom. The van der Waals surface area contributed by atoms with E-state index in [2.05, 4.69) is 13.8 Å². The van der Waals surface area contributed by atoms with Crippen molar-refractivity contribution in [1.82, 2.24) is 0 Å². The van der Waals surface area contributed by atoms with Crippen LogP contribution in [0, 0.1) is 0 Å². The Hall–Kier alpha value is -1.67. The van der Waals surface area contributed by atoms with Crippen LogP contribution in [-0.2, 0) is 28.6 Å². The van der Waals surface area contributed by atoms with Crippen molar-refractivity contribution >= 4 is 17.9 Å². The number of carbonyl (C=O) groups is 3. The molecule has 8 heteroatoms. The number of hydrogen-bond donors (Lipinski definition) is 0. The van der Waals surface area contributed by atoms with E-state index in [1.807, 2.05) is 21.1 Å². The fourth-order valence-electron chi connectivity index (χ4n) is 7.66. The van der Waals surface area contributed by atoms with E-state index >= 15 is 0 Å². The summed E-state index contributed by atoms with van der Waals surface area (Å²) in [6.07, 6.45) is 42.6. The van der Waals surface area contributed by atoms with E-state index in [9.17, 15) is 19.5 Å². The number of rotatable bonds is 45. The first kappa shape index (κ1) is 55.3. The number of likely N-dealkylation sites (N-methyl/N-ethyl adjacent to an activating group) is 1. The molecule has 0 aliphatic carbocycles. The molecule has 0 heterocycles. The average molecular weight is 810 g/mol. The molecule has 0 bridgehead atoms. The molecule has 0 aliphatic rings. The highest BCUT2D eigenvalue weighted by atomic mass is 16.6. The molecule has 57 heavy (non-hydrogen) atoms. The van der Waals surface area contributed by atoms with Gasteiger partial charge in [0.15, 0.2) is 6.10 Å². The van der Waals surface area contributed by atoms with Crippen LogP contribution in [0.5, 0.6) is 0 Å². The lowest BCUT2D eigenvalue weighted by atomic mass is 10.0. The van der Waals surface area contributed by atoms with Crippen molar-refractivity contribution in [3.63, 3.8) is 0 Å². The van der Waals surface area contributed by atoms with Crippen LogP contribution >= 0.6 is 0 Å². The molecule has 0 aromatic carbocycles. The normalized spacial score (nSPS) is 12.8. The maximum atomic E-state index is 12.7. The number of carboxylic acids is 1. The third kappa shape index (κ3) is 39.6. The highest BCUT2D eigenvalue weighted by Gasteiger charge is 2.25. The Balaban J connectivity index is 4.22. The first-order valence-corrected chi connectivity index (χ1v) is 24.6. The van der Waals surface area contributed by atoms with Gasteiger partial charge in [-0.1, -0.05) is 213 Å². The van der Waals surface area contributed by atoms with Gasteiger partial charge >= 0.3 is 11.9 Å². The van der Waals surface area contributed by atoms with E-state index in [1.54, 1.807) is 0 Å². The Kier molecular flexibility index (Phi) is 39.9. The lowest BCUT2D eigenvalue weighted by Gasteiger charge is -2.34. The number of quaternary nitrogens is 1. The second kappa shape index (κ2) is 41.1. The molecule has 338 valence electrons. The molecule has 0 saturated heterocycles. The highest BCUT2D eigenvalue weighted by Crippen LogP contribution is 2.17. The second-order valence-electron chi connectivity index (χ2n) is 18.1. The van der Waals surface area contributed by atoms with E-state index in [4.69, 9.17) is 14.2 Å². The van der Waals surface area contributed by atoms with Crippen LogP contribution < -0.4 is 5.11 Å². The second-order valence-corrected chi connectivity index (χ2v) is 18.1. The number of carboxylic acid groups (broad SMARTS) is 1. The molecule has 2 unspecified atom stereocenters. The van der Waals surface area contributed by atoms with E-state index in [0.29, 0.717) is 12.8 Å². The fraction of sp³-hybridized carbons (Fsp3) is 0.939. The first-order valence-electron chi connectivity index (χ1n) is 24.6. The Bertz CT molecular complexity index is 905. The molecular weight excluding hydrogens is 715 g/mol. The summed E-state index contributed by atoms with van der Waals surface area (Å²) in [5, 5.41) is 11.6. The summed E-state index contributed by atoms with van der Waals surface area (Å²) in [6.45, 7) is 4.71. The predicted molar refractivity (Wildman–Crippen MR) is 236 cm³/mol. The van der Waals surface area contributed by atoms with Crippen molar-refractivity contribution in [3.8, 4) is 0 Å². The number of aliphatic carboxylic acids is 1. The number of hydrogen-bond acceptors (Lipinski definition) is 7. The number of carbonyl (C=O) groups excluding carboxylic acids is 3. The third-order valence-electron chi connectivity index (χ3n) is 11.5. The Morgan fingerprint density at radius 1 is 0.456 bits per heavy atom. The molecule has 0 radical (unpaired) electrons. The van der Waals surface area contributed by atoms with Crippen LogP contribution in [0.2, 0.25) is 0 Å². The van der Waals surface area contributed by atoms with Gasteiger partial charge in [-0.05, 0) is 12.8 Å². The molecule has 8 nitrogen and oxygen atoms in total. The van der Waals surface area contributed by atoms with Crippen LogP contribution in [0.1, 0.15) is 245 Å². The van der Waals surface area contributed by atoms with Crippen molar-refractivity contribution in [2.24, 2.45) is 0 Å². The van der Waals surface area contributed by atoms with E-state index in [0.717, 1.165) is 38.5 Å². The number of esters is 2. The number of ether oxygens (including phenoxy) is 3. The zero-order valence-corrected chi connectivity index (χ0v) is 38.5. The lowest BCUT2D eigenvalue weighted by Crippen LogP contribution is -2.55. The van der Waals surface area contributed by atoms with Gasteiger partial charge in [0.05, 0.1) is 40.3 Å². The molecule has 2 atom stereocenters. The van der Waals surface area contributed by atoms with Gasteiger partial charge in [0.1, 0.15) is 12.6 Å². The quantitative estimate of drug-likeness (QED) is 0.0343. The molecule has 0 fully saturated rings. The van der Waals surface area contributed by atoms with Gasteiger partial charge in [-0.15, -0.1) is 0 Å². The molecule has 0 rings (SSSR count). The fourth-order valence-corrected chi connectivity index (χ4v) is 7.66. The van der Waals surface area contributed by atoms with E-state index in [-0.39, 0.29) is 42.7 Å². The van der Waals surface area contributed by atoms with Gasteiger partial charge in [-0.2, -0.15) is 0 Å². The standard InChI is InChI=1S/C49H95NO7/c1-6-8-10-12-14-16-18-20-22-23-24-26-27-29-31-33-35-37-39-47(51)56-44-45(43-55-42-41-46(49(53)54)50(3,4)5)57-48(52)40-38-36-34-32-30-28-25-21-19-17-15-13-11-9-7-2/h45-46H,6-44H2,1-5H3. The number of nitrogens with zero attached hydrogens (tertiary/aromatic N) is 1. The third-order valence-corrected chi connectivity index (χ3v) is 11.5. The minimum Gasteiger partial charge on any atom is -0.544 e. The summed E-state index contributed by atoms with van der Waals surface area (Å²) >= 11 is 0. The number of unbranched alkanes of at least 4 members (excludes halogenated alkanes) is 31. The summed E-state index contributed by atoms with van der Waals surface area (Å²) < 4.78 is 17.2. The van der Waals surface area contributed by atoms with Crippen LogP contribution in [-0.4, -0.2) is 75.5 Å². The molecule has 0 amide bonds. The van der Waals surface area contributed by atoms with Crippen LogP contribution in [0.4, 0.5) is 0 Å². The Labute approximate surface area is 353 Å². The maximum Gasteiger partial charge on any atom is 0.306 e. The van der Waals surface area contributed by atoms with E-state index in [1.165, 1.54) is 173 Å². The molecule has 0 N–H and O–H groups in total. The van der Waals surface area contributed by atoms with Gasteiger partial charge in [-0.3, -0.25) is 9.59 Å². The van der Waals surface area contributed by atoms with Crippen LogP contribution in [0.3, 0.4) is 0 Å². The van der Waals surface area contributed by atoms with Crippen LogP contribution in [0.15, 0.2) is 0 Å². The van der Waals surface area contributed by atoms with Crippen LogP contribution in [0.25, 0.3) is 0 Å². The van der Waals surface area contributed by atoms with Crippen molar-refractivity contribution in [2.75, 3.05) is 41.0 Å². The van der Waals surface area contributed by atoms with Crippen molar-refractivity contribution in [2.45, 2.75) is 257 Å². The van der Waals surface area contributed by atoms with Gasteiger partial charge in [-0.25, -0.2) is 0 Å². The lowest BCUT2D eigenvalue weighted by molar-refractivity contribution is -0.889. The Morgan fingerprint density at radius 3 is 1.09 bits per heavy atom. The van der Waals surface area contributed by atoms with Crippen molar-refractivity contribution in [1.29, 1.82) is 0 Å². The SMILES string of the molecule is CCCCCCCCCCCCCCCCCCCCC(=O)OCC(COCCC(C(=O)[O-])[N+](C)(C)C)OC(=O)CCCCCCCCCCCCCCCCC. The van der Waals surface area contributed by atoms with Crippen molar-refractivity contribution < 1.29 is 38.2 Å². The zero-order chi connectivity index (χ0) is 42.1. The zero-order valence-electron chi connectivity index (χ0n) is 38.5. The monoisotopic (exact) mass is 810 g/mol. The average Bonchev–Trinajstić information content (AvgIpc) is 3.17. The molecular formula is C49H95NO7. The molecule has 0 aliphatic heterocycles. The van der Waals surface area contributed by atoms with Gasteiger partial charge in [0.2, 0.25) is 0 Å². The van der Waals surface area contributed by atoms with Gasteiger partial charge in [0.25, 0.3) is 0 Å². The summed E-state index contributed by atoms with van der Waals surface area (Å²) in [4.78, 5) is 36.9. The largest absolute Gasteiger partial charge is 0.544 e. The molecule has 0 spiro atoms. The van der Waals surface area contributed by atoms with Crippen molar-refractivity contribution in [3.05, 3.63) is 0 Å². The minimum atomic E-state index is -1.12. The van der Waals surface area contributed by atoms with Gasteiger partial charge in [0, 0.05) is 19.3 Å². The molecule has 0 aromatic rings. The first-order chi connectivity index (χ1) is 27.6. The minimum absolute atomic E-state index is 0.0496. The predicted octanol–water partition coefficient (Wildman–Crippen LogP) is 12.4. The molecule has 0 aromatic heterocycles. The van der Waals surface area contributed by atoms with E-state index < -0.39 is 18.1 Å². The molecule has 0 saturated carbocycles. The summed E-state index contributed by atoms with van der Waals surface area (Å²) in [5.41, 5.74) is 0. The maximum absolute atomic E-state index is 12.7. The smallest absolute Gasteiger partial charge is 0.306 e. The van der Waals surface area contributed by atoms with Gasteiger partial charge < -0.3 is 28.6 Å². The summed E-state index contributed by atoms with van der Waals surface area (Å²) in [7, 11) is 5.43. The summed E-state index contributed by atoms with van der Waals surface area (Å²) in [6, 6.07) is -0.719. The topological polar surface area (TPSA) is 102 Å².